The van der Waals surface area contributed by atoms with Crippen LogP contribution in [0.4, 0.5) is 4.79 Å². The van der Waals surface area contributed by atoms with Crippen molar-refractivity contribution in [3.05, 3.63) is 54.4 Å². The molecule has 5 heterocycles. The van der Waals surface area contributed by atoms with Gasteiger partial charge in [-0.2, -0.15) is 0 Å². The number of ether oxygens (including phenoxy) is 6. The summed E-state index contributed by atoms with van der Waals surface area (Å²) in [6.45, 7) is 15.5. The number of aromatic nitrogens is 1. The molecule has 1 N–H and O–H groups in total. The van der Waals surface area contributed by atoms with Crippen LogP contribution in [-0.4, -0.2) is 131 Å². The normalized spacial score (nSPS) is 36.3. The molecule has 4 aliphatic heterocycles. The Morgan fingerprint density at radius 1 is 1.02 bits per heavy atom. The lowest BCUT2D eigenvalue weighted by molar-refractivity contribution is -0.296. The molecule has 3 saturated heterocycles. The fourth-order valence-corrected chi connectivity index (χ4v) is 9.74. The second kappa shape index (κ2) is 18.7. The van der Waals surface area contributed by atoms with E-state index in [1.165, 1.54) is 6.92 Å². The lowest BCUT2D eigenvalue weighted by atomic mass is 9.73. The standard InChI is InChI=1S/C46H62N4O10/c1-11-36-46(8)40-29(4)37(48-21-22-50(40)44(54)60-46)27(2)25-45(7,55-23-13-14-32-16-18-33(19-17-32)57-34-15-12-20-47-26-34)41(30(5)38(51)31(6)42(53)58-36)59-43-39(52)35(49(9)10)24-28(3)56-43/h12,15-20,26-31,35-36,39-41,43,52H,11,21-25H2,1-10H3/t27-,28-,29-,30+,31-,35+,36+,39-,40-,41-,43+,45+,46-/m1/s1. The number of esters is 1. The zero-order chi connectivity index (χ0) is 43.5. The molecule has 1 aromatic heterocycles. The molecule has 2 bridgehead atoms. The number of hydrogen-bond acceptors (Lipinski definition) is 13. The molecule has 1 aromatic carbocycles. The number of aliphatic hydroxyl groups excluding tert-OH is 1. The summed E-state index contributed by atoms with van der Waals surface area (Å²) in [4.78, 5) is 54.9. The molecule has 0 spiro atoms. The number of nitrogens with zero attached hydrogens (tertiary/aromatic N) is 4. The highest BCUT2D eigenvalue weighted by molar-refractivity contribution is 6.00. The third-order valence-electron chi connectivity index (χ3n) is 12.8. The van der Waals surface area contributed by atoms with Crippen molar-refractivity contribution >= 4 is 23.6 Å². The Balaban J connectivity index is 1.38. The van der Waals surface area contributed by atoms with Gasteiger partial charge in [-0.15, -0.1) is 0 Å². The van der Waals surface area contributed by atoms with Gasteiger partial charge in [-0.1, -0.05) is 39.5 Å². The number of cyclic esters (lactones) is 1. The fourth-order valence-electron chi connectivity index (χ4n) is 9.74. The molecule has 60 heavy (non-hydrogen) atoms. The predicted molar refractivity (Wildman–Crippen MR) is 223 cm³/mol. The topological polar surface area (TPSA) is 159 Å². The first-order valence-electron chi connectivity index (χ1n) is 21.2. The summed E-state index contributed by atoms with van der Waals surface area (Å²) in [5.74, 6) is 3.71. The molecule has 326 valence electrons. The Morgan fingerprint density at radius 3 is 2.42 bits per heavy atom. The minimum atomic E-state index is -1.26. The second-order valence-corrected chi connectivity index (χ2v) is 17.5. The van der Waals surface area contributed by atoms with Crippen molar-refractivity contribution in [2.75, 3.05) is 33.8 Å². The van der Waals surface area contributed by atoms with Gasteiger partial charge in [0.2, 0.25) is 0 Å². The van der Waals surface area contributed by atoms with Gasteiger partial charge < -0.3 is 38.4 Å². The molecule has 6 rings (SSSR count). The van der Waals surface area contributed by atoms with E-state index in [1.54, 1.807) is 30.3 Å². The quantitative estimate of drug-likeness (QED) is 0.197. The summed E-state index contributed by atoms with van der Waals surface area (Å²) in [6.07, 6.45) is -0.219. The summed E-state index contributed by atoms with van der Waals surface area (Å²) in [6, 6.07) is 10.2. The molecular weight excluding hydrogens is 769 g/mol. The van der Waals surface area contributed by atoms with E-state index < -0.39 is 71.5 Å². The van der Waals surface area contributed by atoms with Crippen LogP contribution in [0.3, 0.4) is 0 Å². The number of rotatable bonds is 8. The number of pyridine rings is 1. The molecule has 2 aromatic rings. The van der Waals surface area contributed by atoms with E-state index in [1.807, 2.05) is 83.9 Å². The van der Waals surface area contributed by atoms with Gasteiger partial charge in [-0.3, -0.25) is 24.5 Å². The van der Waals surface area contributed by atoms with E-state index in [0.717, 1.165) is 11.3 Å². The number of fused-ring (bicyclic) bond motifs is 1. The minimum Gasteiger partial charge on any atom is -0.458 e. The van der Waals surface area contributed by atoms with Crippen LogP contribution in [0.5, 0.6) is 11.5 Å². The predicted octanol–water partition coefficient (Wildman–Crippen LogP) is 5.69. The molecular formula is C46H62N4O10. The third kappa shape index (κ3) is 9.40. The highest BCUT2D eigenvalue weighted by Crippen LogP contribution is 2.44. The van der Waals surface area contributed by atoms with Crippen LogP contribution < -0.4 is 4.74 Å². The summed E-state index contributed by atoms with van der Waals surface area (Å²) >= 11 is 0. The Kier molecular flexibility index (Phi) is 14.1. The number of carbonyl (C=O) groups is 3. The maximum atomic E-state index is 14.6. The van der Waals surface area contributed by atoms with Crippen molar-refractivity contribution < 1.29 is 47.9 Å². The molecule has 13 atom stereocenters. The van der Waals surface area contributed by atoms with Gasteiger partial charge >= 0.3 is 12.1 Å². The summed E-state index contributed by atoms with van der Waals surface area (Å²) in [5, 5.41) is 11.7. The van der Waals surface area contributed by atoms with Gasteiger partial charge in [0, 0.05) is 41.9 Å². The first kappa shape index (κ1) is 45.1. The van der Waals surface area contributed by atoms with Crippen molar-refractivity contribution in [2.45, 2.75) is 129 Å². The van der Waals surface area contributed by atoms with Gasteiger partial charge in [0.25, 0.3) is 0 Å². The average Bonchev–Trinajstić information content (AvgIpc) is 3.34. The van der Waals surface area contributed by atoms with E-state index >= 15 is 0 Å². The third-order valence-corrected chi connectivity index (χ3v) is 12.8. The van der Waals surface area contributed by atoms with Crippen LogP contribution in [0.15, 0.2) is 53.8 Å². The van der Waals surface area contributed by atoms with Crippen molar-refractivity contribution in [2.24, 2.45) is 28.7 Å². The molecule has 0 radical (unpaired) electrons. The monoisotopic (exact) mass is 830 g/mol. The van der Waals surface area contributed by atoms with E-state index in [0.29, 0.717) is 43.9 Å². The lowest BCUT2D eigenvalue weighted by Crippen LogP contribution is -2.60. The average molecular weight is 831 g/mol. The number of hydrogen-bond donors (Lipinski definition) is 1. The maximum Gasteiger partial charge on any atom is 0.410 e. The minimum absolute atomic E-state index is 0.0443. The summed E-state index contributed by atoms with van der Waals surface area (Å²) in [5.41, 5.74) is -0.884. The van der Waals surface area contributed by atoms with Crippen LogP contribution in [0.25, 0.3) is 0 Å². The highest BCUT2D eigenvalue weighted by atomic mass is 16.7. The van der Waals surface area contributed by atoms with Crippen LogP contribution in [0.2, 0.25) is 0 Å². The van der Waals surface area contributed by atoms with Crippen LogP contribution in [0, 0.1) is 35.5 Å². The largest absolute Gasteiger partial charge is 0.458 e. The smallest absolute Gasteiger partial charge is 0.410 e. The molecule has 4 aliphatic rings. The Morgan fingerprint density at radius 2 is 1.75 bits per heavy atom. The Labute approximate surface area is 354 Å². The number of amides is 1. The number of ketones is 1. The fraction of sp³-hybridized carbons (Fsp3) is 0.630. The number of benzene rings is 1. The number of aliphatic imine (C=N–C) groups is 1. The van der Waals surface area contributed by atoms with Gasteiger partial charge in [-0.05, 0) is 103 Å². The van der Waals surface area contributed by atoms with Crippen molar-refractivity contribution in [3.8, 4) is 23.3 Å². The Bertz CT molecular complexity index is 1930. The van der Waals surface area contributed by atoms with E-state index in [2.05, 4.69) is 23.7 Å². The highest BCUT2D eigenvalue weighted by Gasteiger charge is 2.60. The van der Waals surface area contributed by atoms with Gasteiger partial charge in [0.1, 0.15) is 36.2 Å². The van der Waals surface area contributed by atoms with Gasteiger partial charge in [-0.25, -0.2) is 4.79 Å². The molecule has 14 nitrogen and oxygen atoms in total. The molecule has 1 amide bonds. The van der Waals surface area contributed by atoms with Crippen LogP contribution in [-0.2, 0) is 33.3 Å². The van der Waals surface area contributed by atoms with Crippen molar-refractivity contribution in [1.29, 1.82) is 0 Å². The molecule has 14 heteroatoms. The molecule has 0 aliphatic carbocycles. The van der Waals surface area contributed by atoms with Gasteiger partial charge in [0.15, 0.2) is 17.7 Å². The second-order valence-electron chi connectivity index (χ2n) is 17.5. The molecule has 3 fully saturated rings. The first-order chi connectivity index (χ1) is 28.5. The Hall–Kier alpha value is -4.39. The van der Waals surface area contributed by atoms with E-state index in [4.69, 9.17) is 33.4 Å². The van der Waals surface area contributed by atoms with Crippen LogP contribution >= 0.6 is 0 Å². The zero-order valence-corrected chi connectivity index (χ0v) is 36.6. The van der Waals surface area contributed by atoms with Crippen molar-refractivity contribution in [3.63, 3.8) is 0 Å². The number of aliphatic hydroxyl groups is 1. The lowest BCUT2D eigenvalue weighted by Gasteiger charge is -2.47. The van der Waals surface area contributed by atoms with E-state index in [9.17, 15) is 19.5 Å². The molecule has 0 saturated carbocycles. The van der Waals surface area contributed by atoms with Crippen LogP contribution in [0.1, 0.15) is 80.2 Å². The summed E-state index contributed by atoms with van der Waals surface area (Å²) in [7, 11) is 3.79. The van der Waals surface area contributed by atoms with Gasteiger partial charge in [0.05, 0.1) is 36.6 Å². The number of likely N-dealkylation sites (N-methyl/N-ethyl adjacent to an activating group) is 1. The zero-order valence-electron chi connectivity index (χ0n) is 36.6. The number of carbonyl (C=O) groups excluding carboxylic acids is 3. The molecule has 0 unspecified atom stereocenters. The van der Waals surface area contributed by atoms with E-state index in [-0.39, 0.29) is 30.6 Å². The number of Topliss-reactive ketones (excluding diaryl/α,β-unsaturated/α-hetero) is 1. The SMILES string of the molecule is CC[C@@H]1OC(=O)[C@H](C)C(=O)[C@H](C)[C@@H](O[C@@H]2O[C@H](C)C[C@H](N(C)C)[C@H]2O)[C@@](C)(OCC#Cc2ccc(Oc3cccnc3)cc2)C[C@@H](C)C2=NCCN3C(=O)O[C@@]1(C)[C@H]3[C@@H]2C. The maximum absolute atomic E-state index is 14.6. The summed E-state index contributed by atoms with van der Waals surface area (Å²) < 4.78 is 38.1. The first-order valence-corrected chi connectivity index (χ1v) is 21.2. The van der Waals surface area contributed by atoms with Crippen molar-refractivity contribution in [1.82, 2.24) is 14.8 Å².